The standard InChI is InChI=1S/C20H26FN3O7S/c1-30-24(12-14-3-4-15(21)11-17(14)32(2,28)29)19(26)16-13-23(20(27)18(16)25)6-5-22-7-9-31-10-8-22/h3-4,11,16H,5-10,12-13H2,1-2H3. The molecule has 10 nitrogen and oxygen atoms in total. The zero-order valence-electron chi connectivity index (χ0n) is 18.0. The van der Waals surface area contributed by atoms with Crippen LogP contribution in [-0.2, 0) is 40.3 Å². The molecule has 0 N–H and O–H groups in total. The van der Waals surface area contributed by atoms with Crippen LogP contribution in [-0.4, -0.2) is 100 Å². The molecule has 0 bridgehead atoms. The van der Waals surface area contributed by atoms with Crippen molar-refractivity contribution in [2.75, 3.05) is 59.3 Å². The van der Waals surface area contributed by atoms with E-state index in [-0.39, 0.29) is 23.5 Å². The number of likely N-dealkylation sites (tertiary alicyclic amines) is 1. The lowest BCUT2D eigenvalue weighted by molar-refractivity contribution is -0.184. The Balaban J connectivity index is 1.70. The third-order valence-corrected chi connectivity index (χ3v) is 6.69. The van der Waals surface area contributed by atoms with Crippen LogP contribution in [0.3, 0.4) is 0 Å². The summed E-state index contributed by atoms with van der Waals surface area (Å²) in [5.74, 6) is -4.32. The van der Waals surface area contributed by atoms with Crippen LogP contribution >= 0.6 is 0 Å². The first kappa shape index (κ1) is 24.2. The van der Waals surface area contributed by atoms with E-state index in [1.54, 1.807) is 0 Å². The maximum atomic E-state index is 13.6. The van der Waals surface area contributed by atoms with Crippen molar-refractivity contribution in [3.05, 3.63) is 29.6 Å². The Morgan fingerprint density at radius 1 is 1.25 bits per heavy atom. The average Bonchev–Trinajstić information content (AvgIpc) is 3.05. The topological polar surface area (TPSA) is 114 Å². The van der Waals surface area contributed by atoms with Gasteiger partial charge in [-0.1, -0.05) is 6.07 Å². The van der Waals surface area contributed by atoms with Crippen molar-refractivity contribution in [3.8, 4) is 0 Å². The number of hydrogen-bond donors (Lipinski definition) is 0. The van der Waals surface area contributed by atoms with Crippen LogP contribution in [0.1, 0.15) is 5.56 Å². The van der Waals surface area contributed by atoms with Gasteiger partial charge < -0.3 is 9.64 Å². The highest BCUT2D eigenvalue weighted by Gasteiger charge is 2.45. The molecule has 3 rings (SSSR count). The first-order valence-electron chi connectivity index (χ1n) is 10.1. The van der Waals surface area contributed by atoms with Gasteiger partial charge in [0, 0.05) is 39.0 Å². The number of hydroxylamine groups is 2. The van der Waals surface area contributed by atoms with E-state index in [1.165, 1.54) is 18.1 Å². The number of halogens is 1. The maximum absolute atomic E-state index is 13.6. The minimum absolute atomic E-state index is 0.0803. The van der Waals surface area contributed by atoms with Gasteiger partial charge in [-0.05, 0) is 17.7 Å². The van der Waals surface area contributed by atoms with Crippen LogP contribution in [0.4, 0.5) is 4.39 Å². The second-order valence-corrected chi connectivity index (χ2v) is 9.69. The molecule has 0 aromatic heterocycles. The molecule has 2 amide bonds. The quantitative estimate of drug-likeness (QED) is 0.283. The Bertz CT molecular complexity index is 995. The molecular weight excluding hydrogens is 445 g/mol. The summed E-state index contributed by atoms with van der Waals surface area (Å²) >= 11 is 0. The van der Waals surface area contributed by atoms with Gasteiger partial charge in [-0.3, -0.25) is 24.1 Å². The Labute approximate surface area is 185 Å². The van der Waals surface area contributed by atoms with Gasteiger partial charge in [0.05, 0.1) is 31.8 Å². The number of rotatable bonds is 8. The lowest BCUT2D eigenvalue weighted by atomic mass is 10.1. The van der Waals surface area contributed by atoms with Gasteiger partial charge in [-0.2, -0.15) is 0 Å². The Hall–Kier alpha value is -2.41. The predicted molar refractivity (Wildman–Crippen MR) is 109 cm³/mol. The van der Waals surface area contributed by atoms with Crippen LogP contribution in [0.25, 0.3) is 0 Å². The number of carbonyl (C=O) groups excluding carboxylic acids is 3. The van der Waals surface area contributed by atoms with Crippen LogP contribution in [0, 0.1) is 11.7 Å². The second-order valence-electron chi connectivity index (χ2n) is 7.70. The number of ketones is 1. The van der Waals surface area contributed by atoms with Crippen LogP contribution in [0.15, 0.2) is 23.1 Å². The molecule has 1 aromatic carbocycles. The zero-order valence-corrected chi connectivity index (χ0v) is 18.8. The van der Waals surface area contributed by atoms with Crippen molar-refractivity contribution in [3.63, 3.8) is 0 Å². The molecule has 2 fully saturated rings. The Morgan fingerprint density at radius 3 is 2.56 bits per heavy atom. The van der Waals surface area contributed by atoms with E-state index >= 15 is 0 Å². The summed E-state index contributed by atoms with van der Waals surface area (Å²) in [7, 11) is -2.58. The molecular formula is C20H26FN3O7S. The van der Waals surface area contributed by atoms with Crippen molar-refractivity contribution in [2.45, 2.75) is 11.4 Å². The van der Waals surface area contributed by atoms with Crippen LogP contribution in [0.5, 0.6) is 0 Å². The number of ether oxygens (including phenoxy) is 1. The maximum Gasteiger partial charge on any atom is 0.290 e. The molecule has 1 aromatic rings. The highest BCUT2D eigenvalue weighted by Crippen LogP contribution is 2.22. The first-order valence-corrected chi connectivity index (χ1v) is 12.0. The van der Waals surface area contributed by atoms with Gasteiger partial charge in [0.1, 0.15) is 11.7 Å². The molecule has 0 radical (unpaired) electrons. The van der Waals surface area contributed by atoms with Gasteiger partial charge in [0.25, 0.3) is 11.8 Å². The fraction of sp³-hybridized carbons (Fsp3) is 0.550. The smallest absolute Gasteiger partial charge is 0.290 e. The highest BCUT2D eigenvalue weighted by molar-refractivity contribution is 7.90. The van der Waals surface area contributed by atoms with Crippen molar-refractivity contribution in [1.29, 1.82) is 0 Å². The number of benzene rings is 1. The molecule has 32 heavy (non-hydrogen) atoms. The summed E-state index contributed by atoms with van der Waals surface area (Å²) in [5.41, 5.74) is 0.130. The Kier molecular flexibility index (Phi) is 7.59. The summed E-state index contributed by atoms with van der Waals surface area (Å²) in [6.45, 7) is 3.13. The summed E-state index contributed by atoms with van der Waals surface area (Å²) < 4.78 is 42.9. The summed E-state index contributed by atoms with van der Waals surface area (Å²) in [4.78, 5) is 46.1. The fourth-order valence-electron chi connectivity index (χ4n) is 3.73. The van der Waals surface area contributed by atoms with E-state index in [1.807, 2.05) is 0 Å². The van der Waals surface area contributed by atoms with Gasteiger partial charge in [-0.25, -0.2) is 17.9 Å². The van der Waals surface area contributed by atoms with Gasteiger partial charge >= 0.3 is 0 Å². The van der Waals surface area contributed by atoms with E-state index in [0.717, 1.165) is 36.5 Å². The number of Topliss-reactive ketones (excluding diaryl/α,β-unsaturated/α-hetero) is 1. The van der Waals surface area contributed by atoms with E-state index in [2.05, 4.69) is 4.90 Å². The van der Waals surface area contributed by atoms with E-state index < -0.39 is 39.2 Å². The van der Waals surface area contributed by atoms with E-state index in [0.29, 0.717) is 26.3 Å². The molecule has 2 heterocycles. The number of sulfone groups is 1. The van der Waals surface area contributed by atoms with Crippen molar-refractivity contribution in [2.24, 2.45) is 5.92 Å². The monoisotopic (exact) mass is 471 g/mol. The molecule has 2 aliphatic rings. The minimum atomic E-state index is -3.78. The van der Waals surface area contributed by atoms with Crippen LogP contribution < -0.4 is 0 Å². The summed E-state index contributed by atoms with van der Waals surface area (Å²) in [5, 5.41) is 0.823. The fourth-order valence-corrected chi connectivity index (χ4v) is 4.66. The van der Waals surface area contributed by atoms with Crippen molar-refractivity contribution >= 4 is 27.4 Å². The highest BCUT2D eigenvalue weighted by atomic mass is 32.2. The molecule has 0 saturated carbocycles. The predicted octanol–water partition coefficient (Wildman–Crippen LogP) is -0.521. The van der Waals surface area contributed by atoms with Crippen molar-refractivity contribution < 1.29 is 36.8 Å². The van der Waals surface area contributed by atoms with Crippen LogP contribution in [0.2, 0.25) is 0 Å². The second kappa shape index (κ2) is 10.0. The molecule has 0 aliphatic carbocycles. The minimum Gasteiger partial charge on any atom is -0.379 e. The number of amides is 2. The molecule has 1 atom stereocenters. The molecule has 0 spiro atoms. The van der Waals surface area contributed by atoms with E-state index in [9.17, 15) is 27.2 Å². The molecule has 176 valence electrons. The summed E-state index contributed by atoms with van der Waals surface area (Å²) in [6.07, 6.45) is 0.926. The van der Waals surface area contributed by atoms with Crippen molar-refractivity contribution in [1.82, 2.24) is 14.9 Å². The molecule has 2 saturated heterocycles. The number of morpholine rings is 1. The number of nitrogens with zero attached hydrogens (tertiary/aromatic N) is 3. The van der Waals surface area contributed by atoms with Gasteiger partial charge in [0.15, 0.2) is 9.84 Å². The summed E-state index contributed by atoms with van der Waals surface area (Å²) in [6, 6.07) is 3.17. The Morgan fingerprint density at radius 2 is 1.94 bits per heavy atom. The first-order chi connectivity index (χ1) is 15.1. The molecule has 1 unspecified atom stereocenters. The molecule has 2 aliphatic heterocycles. The third-order valence-electron chi connectivity index (χ3n) is 5.51. The van der Waals surface area contributed by atoms with E-state index in [4.69, 9.17) is 9.57 Å². The third kappa shape index (κ3) is 5.49. The largest absolute Gasteiger partial charge is 0.379 e. The average molecular weight is 472 g/mol. The lowest BCUT2D eigenvalue weighted by Gasteiger charge is -2.28. The van der Waals surface area contributed by atoms with Gasteiger partial charge in [-0.15, -0.1) is 0 Å². The lowest BCUT2D eigenvalue weighted by Crippen LogP contribution is -2.42. The molecule has 12 heteroatoms. The number of carbonyl (C=O) groups is 3. The van der Waals surface area contributed by atoms with Gasteiger partial charge in [0.2, 0.25) is 5.78 Å². The normalized spacial score (nSPS) is 20.1. The SMILES string of the molecule is CON(Cc1ccc(F)cc1S(C)(=O)=O)C(=O)C1CN(CCN2CCOCC2)C(=O)C1=O. The number of hydrogen-bond acceptors (Lipinski definition) is 8. The zero-order chi connectivity index (χ0) is 23.5.